The van der Waals surface area contributed by atoms with Crippen molar-refractivity contribution in [3.05, 3.63) is 69.7 Å². The zero-order valence-electron chi connectivity index (χ0n) is 16.4. The first-order valence-corrected chi connectivity index (χ1v) is 10.2. The molecule has 8 heteroatoms. The van der Waals surface area contributed by atoms with Gasteiger partial charge in [-0.1, -0.05) is 11.6 Å². The molecule has 2 aromatic carbocycles. The van der Waals surface area contributed by atoms with Crippen LogP contribution in [-0.2, 0) is 11.3 Å². The predicted octanol–water partition coefficient (Wildman–Crippen LogP) is 4.13. The lowest BCUT2D eigenvalue weighted by molar-refractivity contribution is -0.117. The number of nitrogens with one attached hydrogen (secondary N) is 2. The van der Waals surface area contributed by atoms with Crippen LogP contribution in [-0.4, -0.2) is 25.2 Å². The Balaban J connectivity index is 1.41. The van der Waals surface area contributed by atoms with Crippen molar-refractivity contribution >= 4 is 34.1 Å². The molecule has 0 spiro atoms. The molecule has 0 unspecified atom stereocenters. The van der Waals surface area contributed by atoms with E-state index in [-0.39, 0.29) is 24.2 Å². The van der Waals surface area contributed by atoms with Gasteiger partial charge in [-0.15, -0.1) is 5.10 Å². The Kier molecular flexibility index (Phi) is 4.47. The van der Waals surface area contributed by atoms with E-state index in [0.29, 0.717) is 16.5 Å². The fraction of sp³-hybridized carbons (Fsp3) is 0.227. The molecule has 0 bridgehead atoms. The molecule has 5 rings (SSSR count). The van der Waals surface area contributed by atoms with Crippen LogP contribution in [0.25, 0.3) is 22.3 Å². The van der Waals surface area contributed by atoms with Crippen LogP contribution in [0.3, 0.4) is 0 Å². The van der Waals surface area contributed by atoms with Crippen LogP contribution < -0.4 is 11.0 Å². The van der Waals surface area contributed by atoms with Crippen LogP contribution in [0.5, 0.6) is 0 Å². The minimum absolute atomic E-state index is 0.138. The number of halogens is 1. The Labute approximate surface area is 177 Å². The van der Waals surface area contributed by atoms with E-state index < -0.39 is 0 Å². The van der Waals surface area contributed by atoms with E-state index in [1.54, 1.807) is 16.7 Å². The number of carbonyl (C=O) groups excluding carboxylic acids is 1. The quantitative estimate of drug-likeness (QED) is 0.508. The minimum Gasteiger partial charge on any atom is -0.359 e. The number of aryl methyl sites for hydroxylation is 1. The summed E-state index contributed by atoms with van der Waals surface area (Å²) in [7, 11) is 0. The number of nitrogens with zero attached hydrogens (tertiary/aromatic N) is 3. The Morgan fingerprint density at radius 3 is 2.70 bits per heavy atom. The van der Waals surface area contributed by atoms with E-state index in [1.807, 2.05) is 43.3 Å². The number of amides is 1. The lowest BCUT2D eigenvalue weighted by Gasteiger charge is -2.05. The van der Waals surface area contributed by atoms with Crippen LogP contribution >= 0.6 is 11.6 Å². The molecule has 30 heavy (non-hydrogen) atoms. The van der Waals surface area contributed by atoms with E-state index >= 15 is 0 Å². The molecule has 0 saturated heterocycles. The van der Waals surface area contributed by atoms with Gasteiger partial charge in [0.15, 0.2) is 5.82 Å². The number of rotatable bonds is 5. The molecule has 2 aromatic heterocycles. The lowest BCUT2D eigenvalue weighted by Crippen LogP contribution is -2.30. The normalized spacial score (nSPS) is 13.7. The Morgan fingerprint density at radius 2 is 1.97 bits per heavy atom. The molecule has 7 nitrogen and oxygen atoms in total. The number of hydrogen-bond donors (Lipinski definition) is 2. The number of benzene rings is 2. The van der Waals surface area contributed by atoms with Crippen LogP contribution in [0, 0.1) is 6.92 Å². The Bertz CT molecular complexity index is 1310. The second-order valence-corrected chi connectivity index (χ2v) is 8.11. The fourth-order valence-electron chi connectivity index (χ4n) is 3.67. The van der Waals surface area contributed by atoms with Gasteiger partial charge in [0.2, 0.25) is 5.91 Å². The van der Waals surface area contributed by atoms with Gasteiger partial charge in [0.25, 0.3) is 0 Å². The number of aromatic amines is 1. The SMILES string of the molecule is Cc1cc2cc(NC(=O)Cn3nc(-c4ccc(Cl)cc4)n(C4CC4)c3=O)ccc2[nH]1. The average molecular weight is 422 g/mol. The topological polar surface area (TPSA) is 84.7 Å². The third-order valence-corrected chi connectivity index (χ3v) is 5.47. The summed E-state index contributed by atoms with van der Waals surface area (Å²) in [4.78, 5) is 28.8. The lowest BCUT2D eigenvalue weighted by atomic mass is 10.2. The molecule has 152 valence electrons. The summed E-state index contributed by atoms with van der Waals surface area (Å²) in [6, 6.07) is 15.0. The first-order chi connectivity index (χ1) is 14.5. The summed E-state index contributed by atoms with van der Waals surface area (Å²) in [6.45, 7) is 1.84. The van der Waals surface area contributed by atoms with E-state index in [9.17, 15) is 9.59 Å². The molecule has 0 aliphatic heterocycles. The molecule has 1 aliphatic carbocycles. The summed E-state index contributed by atoms with van der Waals surface area (Å²) in [5, 5.41) is 8.96. The highest BCUT2D eigenvalue weighted by Crippen LogP contribution is 2.36. The van der Waals surface area contributed by atoms with Crippen molar-refractivity contribution in [1.29, 1.82) is 0 Å². The van der Waals surface area contributed by atoms with Crippen molar-refractivity contribution in [2.45, 2.75) is 32.4 Å². The van der Waals surface area contributed by atoms with E-state index in [4.69, 9.17) is 11.6 Å². The number of hydrogen-bond acceptors (Lipinski definition) is 3. The van der Waals surface area contributed by atoms with Crippen molar-refractivity contribution in [1.82, 2.24) is 19.3 Å². The van der Waals surface area contributed by atoms with Gasteiger partial charge in [-0.05, 0) is 68.3 Å². The highest BCUT2D eigenvalue weighted by molar-refractivity contribution is 6.30. The van der Waals surface area contributed by atoms with Gasteiger partial charge in [0, 0.05) is 38.9 Å². The molecule has 2 N–H and O–H groups in total. The molecule has 0 atom stereocenters. The van der Waals surface area contributed by atoms with Crippen molar-refractivity contribution in [2.75, 3.05) is 5.32 Å². The molecule has 4 aromatic rings. The number of H-pyrrole nitrogens is 1. The summed E-state index contributed by atoms with van der Waals surface area (Å²) >= 11 is 5.98. The van der Waals surface area contributed by atoms with Crippen LogP contribution in [0.4, 0.5) is 5.69 Å². The molecular formula is C22H20ClN5O2. The number of aromatic nitrogens is 4. The number of carbonyl (C=O) groups is 1. The standard InChI is InChI=1S/C22H20ClN5O2/c1-13-10-15-11-17(6-9-19(15)24-13)25-20(29)12-27-22(30)28(18-7-8-18)21(26-27)14-2-4-16(23)5-3-14/h2-6,9-11,18,24H,7-8,12H2,1H3,(H,25,29). The Morgan fingerprint density at radius 1 is 1.20 bits per heavy atom. The zero-order valence-corrected chi connectivity index (χ0v) is 17.1. The Hall–Kier alpha value is -3.32. The monoisotopic (exact) mass is 421 g/mol. The second-order valence-electron chi connectivity index (χ2n) is 7.67. The van der Waals surface area contributed by atoms with E-state index in [2.05, 4.69) is 15.4 Å². The second kappa shape index (κ2) is 7.18. The number of anilines is 1. The van der Waals surface area contributed by atoms with Gasteiger partial charge >= 0.3 is 5.69 Å². The predicted molar refractivity (Wildman–Crippen MR) is 117 cm³/mol. The van der Waals surface area contributed by atoms with Crippen LogP contribution in [0.2, 0.25) is 5.02 Å². The van der Waals surface area contributed by atoms with Gasteiger partial charge in [-0.25, -0.2) is 9.48 Å². The maximum Gasteiger partial charge on any atom is 0.346 e. The first-order valence-electron chi connectivity index (χ1n) is 9.82. The molecule has 1 amide bonds. The molecule has 0 radical (unpaired) electrons. The van der Waals surface area contributed by atoms with Gasteiger partial charge in [-0.2, -0.15) is 0 Å². The highest BCUT2D eigenvalue weighted by atomic mass is 35.5. The maximum atomic E-state index is 12.9. The average Bonchev–Trinajstić information content (AvgIpc) is 3.40. The third-order valence-electron chi connectivity index (χ3n) is 5.22. The van der Waals surface area contributed by atoms with Crippen molar-refractivity contribution in [2.24, 2.45) is 0 Å². The van der Waals surface area contributed by atoms with Crippen LogP contribution in [0.15, 0.2) is 53.3 Å². The molecular weight excluding hydrogens is 402 g/mol. The van der Waals surface area contributed by atoms with Crippen molar-refractivity contribution < 1.29 is 4.79 Å². The largest absolute Gasteiger partial charge is 0.359 e. The molecule has 1 fully saturated rings. The maximum absolute atomic E-state index is 12.9. The van der Waals surface area contributed by atoms with Crippen LogP contribution in [0.1, 0.15) is 24.6 Å². The summed E-state index contributed by atoms with van der Waals surface area (Å²) in [6.07, 6.45) is 1.88. The summed E-state index contributed by atoms with van der Waals surface area (Å²) in [5.41, 5.74) is 3.28. The minimum atomic E-state index is -0.299. The van der Waals surface area contributed by atoms with E-state index in [0.717, 1.165) is 35.0 Å². The number of fused-ring (bicyclic) bond motifs is 1. The van der Waals surface area contributed by atoms with E-state index in [1.165, 1.54) is 4.68 Å². The van der Waals surface area contributed by atoms with Crippen molar-refractivity contribution in [3.8, 4) is 11.4 Å². The first kappa shape index (κ1) is 18.7. The molecule has 2 heterocycles. The zero-order chi connectivity index (χ0) is 20.8. The van der Waals surface area contributed by atoms with Gasteiger partial charge in [0.05, 0.1) is 0 Å². The highest BCUT2D eigenvalue weighted by Gasteiger charge is 2.30. The summed E-state index contributed by atoms with van der Waals surface area (Å²) < 4.78 is 2.92. The molecule has 1 saturated carbocycles. The van der Waals surface area contributed by atoms with Crippen molar-refractivity contribution in [3.63, 3.8) is 0 Å². The van der Waals surface area contributed by atoms with Gasteiger partial charge in [0.1, 0.15) is 6.54 Å². The van der Waals surface area contributed by atoms with Gasteiger partial charge < -0.3 is 10.3 Å². The smallest absolute Gasteiger partial charge is 0.346 e. The summed E-state index contributed by atoms with van der Waals surface area (Å²) in [5.74, 6) is 0.267. The third kappa shape index (κ3) is 3.52. The van der Waals surface area contributed by atoms with Gasteiger partial charge in [-0.3, -0.25) is 9.36 Å². The fourth-order valence-corrected chi connectivity index (χ4v) is 3.80. The molecule has 1 aliphatic rings.